The van der Waals surface area contributed by atoms with Gasteiger partial charge in [0.2, 0.25) is 10.9 Å². The Morgan fingerprint density at radius 3 is 2.62 bits per heavy atom. The van der Waals surface area contributed by atoms with Gasteiger partial charge in [-0.3, -0.25) is 9.00 Å². The molecule has 5 rings (SSSR count). The van der Waals surface area contributed by atoms with Crippen LogP contribution in [0.25, 0.3) is 0 Å². The molecule has 2 aromatic heterocycles. The first-order valence-corrected chi connectivity index (χ1v) is 13.5. The molecule has 0 aliphatic heterocycles. The summed E-state index contributed by atoms with van der Waals surface area (Å²) in [7, 11) is -1.31. The van der Waals surface area contributed by atoms with Crippen molar-refractivity contribution in [1.29, 1.82) is 0 Å². The minimum absolute atomic E-state index is 0.0763. The van der Waals surface area contributed by atoms with Crippen LogP contribution in [0.3, 0.4) is 0 Å². The van der Waals surface area contributed by atoms with Gasteiger partial charge in [0.25, 0.3) is 0 Å². The fraction of sp³-hybridized carbons (Fsp3) is 0.435. The molecule has 0 spiro atoms. The minimum atomic E-state index is -1.31. The van der Waals surface area contributed by atoms with Gasteiger partial charge in [-0.05, 0) is 56.4 Å². The number of rotatable bonds is 9. The highest BCUT2D eigenvalue weighted by Crippen LogP contribution is 2.43. The predicted molar refractivity (Wildman–Crippen MR) is 125 cm³/mol. The Bertz CT molecular complexity index is 1310. The van der Waals surface area contributed by atoms with Crippen LogP contribution in [0.5, 0.6) is 0 Å². The van der Waals surface area contributed by atoms with E-state index in [1.54, 1.807) is 30.0 Å². The van der Waals surface area contributed by atoms with Crippen LogP contribution >= 0.6 is 15.9 Å². The van der Waals surface area contributed by atoms with Crippen molar-refractivity contribution in [2.75, 3.05) is 12.9 Å². The summed E-state index contributed by atoms with van der Waals surface area (Å²) < 4.78 is 25.1. The zero-order valence-electron chi connectivity index (χ0n) is 18.7. The normalized spacial score (nSPS) is 16.4. The highest BCUT2D eigenvalue weighted by Gasteiger charge is 2.38. The van der Waals surface area contributed by atoms with E-state index in [2.05, 4.69) is 31.2 Å². The molecule has 1 atom stereocenters. The Hall–Kier alpha value is -2.66. The molecule has 0 amide bonds. The van der Waals surface area contributed by atoms with Crippen LogP contribution in [0, 0.1) is 0 Å². The molecule has 178 valence electrons. The summed E-state index contributed by atoms with van der Waals surface area (Å²) in [5.41, 5.74) is 1.18. The lowest BCUT2D eigenvalue weighted by atomic mass is 9.95. The van der Waals surface area contributed by atoms with Gasteiger partial charge < -0.3 is 9.26 Å². The first-order chi connectivity index (χ1) is 16.4. The third-order valence-electron chi connectivity index (χ3n) is 5.88. The van der Waals surface area contributed by atoms with Gasteiger partial charge >= 0.3 is 5.97 Å². The topological polar surface area (TPSA) is 117 Å². The van der Waals surface area contributed by atoms with E-state index in [1.165, 1.54) is 0 Å². The van der Waals surface area contributed by atoms with Crippen LogP contribution in [-0.2, 0) is 22.1 Å². The van der Waals surface area contributed by atoms with Gasteiger partial charge in [0.1, 0.15) is 11.4 Å². The summed E-state index contributed by atoms with van der Waals surface area (Å²) in [4.78, 5) is 30.9. The molecule has 2 fully saturated rings. The van der Waals surface area contributed by atoms with Crippen molar-refractivity contribution >= 4 is 38.5 Å². The smallest absolute Gasteiger partial charge is 0.361 e. The van der Waals surface area contributed by atoms with Crippen molar-refractivity contribution in [1.82, 2.24) is 19.9 Å². The maximum atomic E-state index is 13.8. The fourth-order valence-electron chi connectivity index (χ4n) is 3.91. The summed E-state index contributed by atoms with van der Waals surface area (Å²) in [5.74, 6) is 0.548. The average molecular weight is 547 g/mol. The second-order valence-corrected chi connectivity index (χ2v) is 10.7. The molecule has 1 unspecified atom stereocenters. The van der Waals surface area contributed by atoms with E-state index in [1.807, 2.05) is 6.07 Å². The number of ether oxygens (including phenoxy) is 1. The number of nitrogens with zero attached hydrogens (tertiary/aromatic N) is 4. The Kier molecular flexibility index (Phi) is 6.24. The molecule has 2 heterocycles. The number of benzene rings is 1. The standard InChI is InChI=1S/C23H23BrN4O5S/c1-3-32-22(30)18-17(20(33-27-18)12-4-5-12)19(29)16-9-8-15(24)10-14(16)11-28-21(13-6-7-13)25-23(26-28)34(2)31/h8-10,12-13H,3-7,11H2,1-2H3. The van der Waals surface area contributed by atoms with Crippen LogP contribution in [0.4, 0.5) is 0 Å². The van der Waals surface area contributed by atoms with Gasteiger partial charge in [0.15, 0.2) is 11.5 Å². The van der Waals surface area contributed by atoms with Gasteiger partial charge in [-0.1, -0.05) is 21.1 Å². The fourth-order valence-corrected chi connectivity index (χ4v) is 4.75. The molecule has 0 N–H and O–H groups in total. The SMILES string of the molecule is CCOC(=O)c1noc(C2CC2)c1C(=O)c1ccc(Br)cc1Cn1nc(S(C)=O)nc1C1CC1. The lowest BCUT2D eigenvalue weighted by molar-refractivity contribution is 0.0512. The quantitative estimate of drug-likeness (QED) is 0.292. The summed E-state index contributed by atoms with van der Waals surface area (Å²) >= 11 is 3.49. The van der Waals surface area contributed by atoms with E-state index in [0.29, 0.717) is 16.9 Å². The summed E-state index contributed by atoms with van der Waals surface area (Å²) in [5, 5.41) is 8.64. The highest BCUT2D eigenvalue weighted by atomic mass is 79.9. The molecular weight excluding hydrogens is 524 g/mol. The van der Waals surface area contributed by atoms with Gasteiger partial charge in [-0.15, -0.1) is 5.10 Å². The number of hydrogen-bond acceptors (Lipinski definition) is 8. The third-order valence-corrected chi connectivity index (χ3v) is 7.06. The van der Waals surface area contributed by atoms with Gasteiger partial charge in [-0.2, -0.15) is 0 Å². The highest BCUT2D eigenvalue weighted by molar-refractivity contribution is 9.10. The lowest BCUT2D eigenvalue weighted by Crippen LogP contribution is -2.16. The van der Waals surface area contributed by atoms with Crippen LogP contribution in [0.15, 0.2) is 32.4 Å². The maximum Gasteiger partial charge on any atom is 0.361 e. The van der Waals surface area contributed by atoms with E-state index < -0.39 is 16.8 Å². The molecule has 2 aliphatic rings. The Morgan fingerprint density at radius 1 is 1.24 bits per heavy atom. The molecule has 11 heteroatoms. The van der Waals surface area contributed by atoms with E-state index in [-0.39, 0.29) is 47.2 Å². The van der Waals surface area contributed by atoms with E-state index in [4.69, 9.17) is 9.26 Å². The molecule has 1 aromatic carbocycles. The third kappa shape index (κ3) is 4.50. The molecule has 0 saturated heterocycles. The second-order valence-electron chi connectivity index (χ2n) is 8.53. The van der Waals surface area contributed by atoms with Crippen LogP contribution in [0.1, 0.15) is 88.0 Å². The van der Waals surface area contributed by atoms with Crippen molar-refractivity contribution in [3.8, 4) is 0 Å². The first kappa shape index (κ1) is 23.1. The number of halogens is 1. The number of carbonyl (C=O) groups is 2. The van der Waals surface area contributed by atoms with Crippen molar-refractivity contribution in [2.24, 2.45) is 0 Å². The van der Waals surface area contributed by atoms with Gasteiger partial charge in [-0.25, -0.2) is 14.5 Å². The Balaban J connectivity index is 1.56. The number of hydrogen-bond donors (Lipinski definition) is 0. The van der Waals surface area contributed by atoms with E-state index in [0.717, 1.165) is 36.0 Å². The lowest BCUT2D eigenvalue weighted by Gasteiger charge is -2.12. The van der Waals surface area contributed by atoms with Crippen LogP contribution in [-0.4, -0.2) is 48.7 Å². The molecule has 0 bridgehead atoms. The van der Waals surface area contributed by atoms with E-state index in [9.17, 15) is 13.8 Å². The Morgan fingerprint density at radius 2 is 1.97 bits per heavy atom. The summed E-state index contributed by atoms with van der Waals surface area (Å²) in [6, 6.07) is 5.34. The maximum absolute atomic E-state index is 13.8. The van der Waals surface area contributed by atoms with Gasteiger partial charge in [0, 0.05) is 28.1 Å². The molecule has 34 heavy (non-hydrogen) atoms. The zero-order valence-corrected chi connectivity index (χ0v) is 21.1. The van der Waals surface area contributed by atoms with Crippen molar-refractivity contribution in [3.05, 3.63) is 56.6 Å². The molecule has 2 aliphatic carbocycles. The molecule has 9 nitrogen and oxygen atoms in total. The van der Waals surface area contributed by atoms with E-state index >= 15 is 0 Å². The van der Waals surface area contributed by atoms with Crippen LogP contribution in [0.2, 0.25) is 0 Å². The molecule has 2 saturated carbocycles. The predicted octanol–water partition coefficient (Wildman–Crippen LogP) is 3.98. The zero-order chi connectivity index (χ0) is 24.0. The minimum Gasteiger partial charge on any atom is -0.461 e. The Labute approximate surface area is 206 Å². The average Bonchev–Trinajstić information content (AvgIpc) is 3.74. The number of aromatic nitrogens is 4. The number of ketones is 1. The molecule has 0 radical (unpaired) electrons. The monoisotopic (exact) mass is 546 g/mol. The summed E-state index contributed by atoms with van der Waals surface area (Å²) in [6.45, 7) is 2.13. The largest absolute Gasteiger partial charge is 0.461 e. The van der Waals surface area contributed by atoms with Crippen molar-refractivity contribution in [2.45, 2.75) is 56.1 Å². The second kappa shape index (κ2) is 9.18. The first-order valence-electron chi connectivity index (χ1n) is 11.1. The van der Waals surface area contributed by atoms with Gasteiger partial charge in [0.05, 0.1) is 24.0 Å². The number of carbonyl (C=O) groups excluding carboxylic acids is 2. The summed E-state index contributed by atoms with van der Waals surface area (Å²) in [6.07, 6.45) is 5.32. The van der Waals surface area contributed by atoms with Crippen LogP contribution < -0.4 is 0 Å². The van der Waals surface area contributed by atoms with Crippen molar-refractivity contribution in [3.63, 3.8) is 0 Å². The molecular formula is C23H23BrN4O5S. The molecule has 3 aromatic rings. The van der Waals surface area contributed by atoms with Crippen molar-refractivity contribution < 1.29 is 23.1 Å². The number of esters is 1.